The number of aryl methyl sites for hydroxylation is 1. The van der Waals surface area contributed by atoms with Gasteiger partial charge in [-0.05, 0) is 48.1 Å². The number of hydrogen-bond acceptors (Lipinski definition) is 6. The van der Waals surface area contributed by atoms with Crippen molar-refractivity contribution < 1.29 is 23.5 Å². The molecule has 182 valence electrons. The molecular weight excluding hydrogens is 458 g/mol. The van der Waals surface area contributed by atoms with Gasteiger partial charge in [-0.25, -0.2) is 14.4 Å². The van der Waals surface area contributed by atoms with Crippen LogP contribution in [0.25, 0.3) is 11.0 Å². The molecule has 0 aliphatic heterocycles. The monoisotopic (exact) mass is 483 g/mol. The Labute approximate surface area is 207 Å². The Kier molecular flexibility index (Phi) is 6.80. The summed E-state index contributed by atoms with van der Waals surface area (Å²) in [6, 6.07) is 22.6. The zero-order valence-corrected chi connectivity index (χ0v) is 19.6. The number of hydrogen-bond donors (Lipinski definition) is 1. The number of nitrogens with one attached hydrogen (secondary N) is 1. The Morgan fingerprint density at radius 1 is 0.889 bits per heavy atom. The van der Waals surface area contributed by atoms with Crippen LogP contribution in [0.1, 0.15) is 28.7 Å². The van der Waals surface area contributed by atoms with E-state index in [9.17, 15) is 14.4 Å². The van der Waals surface area contributed by atoms with E-state index in [0.29, 0.717) is 5.58 Å². The van der Waals surface area contributed by atoms with Crippen molar-refractivity contribution in [1.82, 2.24) is 5.32 Å². The molecule has 5 rings (SSSR count). The van der Waals surface area contributed by atoms with E-state index in [1.165, 1.54) is 0 Å². The van der Waals surface area contributed by atoms with Crippen LogP contribution in [0.3, 0.4) is 0 Å². The minimum atomic E-state index is -0.988. The minimum Gasteiger partial charge on any atom is -0.445 e. The standard InChI is InChI=1S/C29H25NO6/c31-27-24-13-7-12-22(24)23-15-14-21(17-26(23)36-27)35-28(32)25(16-19-8-3-1-4-9-19)30-29(33)34-18-20-10-5-2-6-11-20/h1-6,8-11,14-15,17,25H,7,12-13,16,18H2,(H,30,33)/t25-/m1/s1. The number of carbonyl (C=O) groups excluding carboxylic acids is 2. The Morgan fingerprint density at radius 2 is 1.58 bits per heavy atom. The maximum atomic E-state index is 13.1. The second kappa shape index (κ2) is 10.5. The van der Waals surface area contributed by atoms with Gasteiger partial charge in [-0.2, -0.15) is 0 Å². The summed E-state index contributed by atoms with van der Waals surface area (Å²) in [5, 5.41) is 3.48. The van der Waals surface area contributed by atoms with E-state index < -0.39 is 18.1 Å². The average Bonchev–Trinajstić information content (AvgIpc) is 3.39. The van der Waals surface area contributed by atoms with Crippen molar-refractivity contribution in [2.24, 2.45) is 0 Å². The van der Waals surface area contributed by atoms with E-state index in [-0.39, 0.29) is 24.4 Å². The third-order valence-electron chi connectivity index (χ3n) is 6.24. The third kappa shape index (κ3) is 5.30. The first-order valence-corrected chi connectivity index (χ1v) is 11.9. The normalized spacial score (nSPS) is 13.1. The zero-order chi connectivity index (χ0) is 24.9. The Balaban J connectivity index is 1.32. The maximum Gasteiger partial charge on any atom is 0.408 e. The lowest BCUT2D eigenvalue weighted by Crippen LogP contribution is -2.44. The van der Waals surface area contributed by atoms with Gasteiger partial charge in [0.2, 0.25) is 0 Å². The second-order valence-electron chi connectivity index (χ2n) is 8.73. The maximum absolute atomic E-state index is 13.1. The Hall–Kier alpha value is -4.39. The molecule has 1 amide bonds. The van der Waals surface area contributed by atoms with Crippen LogP contribution in [-0.2, 0) is 35.4 Å². The lowest BCUT2D eigenvalue weighted by molar-refractivity contribution is -0.136. The van der Waals surface area contributed by atoms with E-state index in [4.69, 9.17) is 13.9 Å². The lowest BCUT2D eigenvalue weighted by atomic mass is 10.1. The molecule has 1 aliphatic carbocycles. The molecule has 0 bridgehead atoms. The number of carbonyl (C=O) groups is 2. The highest BCUT2D eigenvalue weighted by molar-refractivity contribution is 5.86. The minimum absolute atomic E-state index is 0.0772. The quantitative estimate of drug-likeness (QED) is 0.232. The highest BCUT2D eigenvalue weighted by Crippen LogP contribution is 2.29. The molecule has 0 saturated carbocycles. The van der Waals surface area contributed by atoms with Gasteiger partial charge in [-0.15, -0.1) is 0 Å². The summed E-state index contributed by atoms with van der Waals surface area (Å²) >= 11 is 0. The molecule has 1 aromatic heterocycles. The van der Waals surface area contributed by atoms with Gasteiger partial charge >= 0.3 is 17.7 Å². The third-order valence-corrected chi connectivity index (χ3v) is 6.24. The number of ether oxygens (including phenoxy) is 2. The molecule has 3 aromatic carbocycles. The van der Waals surface area contributed by atoms with Crippen molar-refractivity contribution in [2.45, 2.75) is 38.3 Å². The number of fused-ring (bicyclic) bond motifs is 3. The fourth-order valence-corrected chi connectivity index (χ4v) is 4.46. The van der Waals surface area contributed by atoms with E-state index in [1.54, 1.807) is 18.2 Å². The molecule has 1 N–H and O–H groups in total. The van der Waals surface area contributed by atoms with Crippen LogP contribution in [0.15, 0.2) is 88.1 Å². The lowest BCUT2D eigenvalue weighted by Gasteiger charge is -2.18. The first-order chi connectivity index (χ1) is 17.6. The molecule has 0 saturated heterocycles. The molecule has 1 atom stereocenters. The van der Waals surface area contributed by atoms with E-state index in [2.05, 4.69) is 5.32 Å². The van der Waals surface area contributed by atoms with Gasteiger partial charge in [0.25, 0.3) is 0 Å². The fourth-order valence-electron chi connectivity index (χ4n) is 4.46. The van der Waals surface area contributed by atoms with Crippen molar-refractivity contribution in [3.05, 3.63) is 112 Å². The molecule has 1 heterocycles. The molecule has 1 aliphatic rings. The van der Waals surface area contributed by atoms with Crippen molar-refractivity contribution >= 4 is 23.0 Å². The summed E-state index contributed by atoms with van der Waals surface area (Å²) in [5.74, 6) is -0.426. The second-order valence-corrected chi connectivity index (χ2v) is 8.73. The van der Waals surface area contributed by atoms with Crippen LogP contribution in [0.4, 0.5) is 4.79 Å². The average molecular weight is 484 g/mol. The van der Waals surface area contributed by atoms with Gasteiger partial charge in [0.05, 0.1) is 0 Å². The predicted molar refractivity (Wildman–Crippen MR) is 134 cm³/mol. The number of rotatable bonds is 7. The van der Waals surface area contributed by atoms with Gasteiger partial charge in [0.1, 0.15) is 24.0 Å². The largest absolute Gasteiger partial charge is 0.445 e. The topological polar surface area (TPSA) is 94.8 Å². The number of alkyl carbamates (subject to hydrolysis) is 1. The summed E-state index contributed by atoms with van der Waals surface area (Å²) in [4.78, 5) is 38.0. The van der Waals surface area contributed by atoms with Gasteiger partial charge < -0.3 is 19.2 Å². The van der Waals surface area contributed by atoms with Gasteiger partial charge in [-0.3, -0.25) is 0 Å². The highest BCUT2D eigenvalue weighted by Gasteiger charge is 2.25. The molecule has 36 heavy (non-hydrogen) atoms. The number of esters is 1. The van der Waals surface area contributed by atoms with Crippen LogP contribution in [0, 0.1) is 0 Å². The van der Waals surface area contributed by atoms with Gasteiger partial charge in [0.15, 0.2) is 0 Å². The molecule has 0 spiro atoms. The summed E-state index contributed by atoms with van der Waals surface area (Å²) < 4.78 is 16.4. The van der Waals surface area contributed by atoms with Crippen LogP contribution in [-0.4, -0.2) is 18.1 Å². The Morgan fingerprint density at radius 3 is 2.33 bits per heavy atom. The zero-order valence-electron chi connectivity index (χ0n) is 19.6. The van der Waals surface area contributed by atoms with Crippen LogP contribution < -0.4 is 15.7 Å². The predicted octanol–water partition coefficient (Wildman–Crippen LogP) is 4.72. The van der Waals surface area contributed by atoms with Crippen molar-refractivity contribution in [1.29, 1.82) is 0 Å². The van der Waals surface area contributed by atoms with Crippen molar-refractivity contribution in [2.75, 3.05) is 0 Å². The van der Waals surface area contributed by atoms with Gasteiger partial charge in [0, 0.05) is 23.4 Å². The molecule has 0 fully saturated rings. The van der Waals surface area contributed by atoms with Crippen molar-refractivity contribution in [3.8, 4) is 5.75 Å². The van der Waals surface area contributed by atoms with Crippen LogP contribution in [0.2, 0.25) is 0 Å². The first-order valence-electron chi connectivity index (χ1n) is 11.9. The van der Waals surface area contributed by atoms with Crippen LogP contribution >= 0.6 is 0 Å². The van der Waals surface area contributed by atoms with E-state index in [0.717, 1.165) is 46.9 Å². The van der Waals surface area contributed by atoms with E-state index in [1.807, 2.05) is 60.7 Å². The molecule has 4 aromatic rings. The fraction of sp³-hybridized carbons (Fsp3) is 0.207. The van der Waals surface area contributed by atoms with Crippen LogP contribution in [0.5, 0.6) is 5.75 Å². The molecule has 7 nitrogen and oxygen atoms in total. The molecule has 0 unspecified atom stereocenters. The van der Waals surface area contributed by atoms with E-state index >= 15 is 0 Å². The SMILES string of the molecule is O=C(N[C@H](Cc1ccccc1)C(=O)Oc1ccc2c3c(c(=O)oc2c1)CCC3)OCc1ccccc1. The smallest absolute Gasteiger partial charge is 0.408 e. The number of benzene rings is 3. The first kappa shape index (κ1) is 23.4. The summed E-state index contributed by atoms with van der Waals surface area (Å²) in [6.07, 6.45) is 1.96. The Bertz CT molecular complexity index is 1450. The van der Waals surface area contributed by atoms with Crippen molar-refractivity contribution in [3.63, 3.8) is 0 Å². The highest BCUT2D eigenvalue weighted by atomic mass is 16.6. The molecule has 0 radical (unpaired) electrons. The number of amides is 1. The molecular formula is C29H25NO6. The molecule has 7 heteroatoms. The summed E-state index contributed by atoms with van der Waals surface area (Å²) in [5.41, 5.74) is 3.45. The van der Waals surface area contributed by atoms with Gasteiger partial charge in [-0.1, -0.05) is 60.7 Å². The summed E-state index contributed by atoms with van der Waals surface area (Å²) in [7, 11) is 0. The summed E-state index contributed by atoms with van der Waals surface area (Å²) in [6.45, 7) is 0.0772.